The van der Waals surface area contributed by atoms with Crippen molar-refractivity contribution in [3.63, 3.8) is 0 Å². The van der Waals surface area contributed by atoms with Crippen LogP contribution in [-0.2, 0) is 11.8 Å². The Bertz CT molecular complexity index is 847. The van der Waals surface area contributed by atoms with E-state index in [0.29, 0.717) is 17.0 Å². The van der Waals surface area contributed by atoms with E-state index in [0.717, 1.165) is 18.5 Å². The van der Waals surface area contributed by atoms with Crippen molar-refractivity contribution >= 4 is 17.6 Å². The Balaban J connectivity index is 1.72. The lowest BCUT2D eigenvalue weighted by Crippen LogP contribution is -2.36. The van der Waals surface area contributed by atoms with Gasteiger partial charge in [0, 0.05) is 32.0 Å². The molecule has 1 aromatic carbocycles. The third-order valence-corrected chi connectivity index (χ3v) is 4.48. The molecule has 1 aliphatic carbocycles. The number of nitrogens with zero attached hydrogens (tertiary/aromatic N) is 2. The summed E-state index contributed by atoms with van der Waals surface area (Å²) in [5.74, 6) is 0.294. The molecule has 1 atom stereocenters. The number of methoxy groups -OCH3 is 2. The number of anilines is 1. The van der Waals surface area contributed by atoms with Crippen LogP contribution in [0.15, 0.2) is 30.5 Å². The molecular formula is C19H25N5O4. The molecule has 0 saturated heterocycles. The highest BCUT2D eigenvalue weighted by molar-refractivity contribution is 5.98. The zero-order valence-corrected chi connectivity index (χ0v) is 16.2. The molecule has 3 rings (SSSR count). The van der Waals surface area contributed by atoms with Crippen molar-refractivity contribution in [3.05, 3.63) is 41.7 Å². The van der Waals surface area contributed by atoms with Crippen LogP contribution in [0.2, 0.25) is 0 Å². The number of rotatable bonds is 8. The molecule has 0 aliphatic heterocycles. The van der Waals surface area contributed by atoms with Gasteiger partial charge in [-0.25, -0.2) is 4.79 Å². The first-order valence-electron chi connectivity index (χ1n) is 9.05. The molecule has 28 heavy (non-hydrogen) atoms. The minimum atomic E-state index is -0.443. The van der Waals surface area contributed by atoms with E-state index in [1.165, 1.54) is 7.11 Å². The lowest BCUT2D eigenvalue weighted by Gasteiger charge is -2.19. The van der Waals surface area contributed by atoms with Gasteiger partial charge in [-0.05, 0) is 37.1 Å². The normalized spacial score (nSPS) is 14.2. The molecular weight excluding hydrogens is 362 g/mol. The smallest absolute Gasteiger partial charge is 0.319 e. The lowest BCUT2D eigenvalue weighted by atomic mass is 10.1. The fourth-order valence-electron chi connectivity index (χ4n) is 2.85. The van der Waals surface area contributed by atoms with E-state index < -0.39 is 6.03 Å². The summed E-state index contributed by atoms with van der Waals surface area (Å²) in [4.78, 5) is 24.9. The molecule has 9 heteroatoms. The fourth-order valence-corrected chi connectivity index (χ4v) is 2.85. The minimum absolute atomic E-state index is 0.166. The number of hydrogen-bond donors (Lipinski definition) is 3. The molecule has 1 aliphatic rings. The Kier molecular flexibility index (Phi) is 6.15. The third-order valence-electron chi connectivity index (χ3n) is 4.48. The number of aromatic nitrogens is 2. The van der Waals surface area contributed by atoms with Crippen molar-refractivity contribution in [2.45, 2.75) is 24.9 Å². The van der Waals surface area contributed by atoms with Crippen molar-refractivity contribution in [2.75, 3.05) is 26.1 Å². The maximum absolute atomic E-state index is 12.6. The topological polar surface area (TPSA) is 107 Å². The average molecular weight is 387 g/mol. The van der Waals surface area contributed by atoms with Gasteiger partial charge in [-0.3, -0.25) is 9.48 Å². The Labute approximate surface area is 163 Å². The summed E-state index contributed by atoms with van der Waals surface area (Å²) in [6.45, 7) is 0.286. The first-order chi connectivity index (χ1) is 13.5. The maximum atomic E-state index is 12.6. The Morgan fingerprint density at radius 2 is 2.07 bits per heavy atom. The monoisotopic (exact) mass is 387 g/mol. The molecule has 0 spiro atoms. The molecule has 1 saturated carbocycles. The van der Waals surface area contributed by atoms with Crippen molar-refractivity contribution in [2.24, 2.45) is 7.05 Å². The predicted octanol–water partition coefficient (Wildman–Crippen LogP) is 1.83. The van der Waals surface area contributed by atoms with Gasteiger partial charge in [-0.15, -0.1) is 0 Å². The Hall–Kier alpha value is -3.07. The van der Waals surface area contributed by atoms with Crippen molar-refractivity contribution in [1.29, 1.82) is 0 Å². The van der Waals surface area contributed by atoms with Gasteiger partial charge in [0.1, 0.15) is 5.75 Å². The molecule has 3 N–H and O–H groups in total. The Morgan fingerprint density at radius 1 is 1.29 bits per heavy atom. The molecule has 1 fully saturated rings. The van der Waals surface area contributed by atoms with E-state index in [1.807, 2.05) is 6.07 Å². The van der Waals surface area contributed by atoms with Crippen LogP contribution < -0.4 is 20.7 Å². The number of carbonyl (C=O) groups is 2. The highest BCUT2D eigenvalue weighted by atomic mass is 16.5. The van der Waals surface area contributed by atoms with E-state index in [1.54, 1.807) is 43.2 Å². The molecule has 0 unspecified atom stereocenters. The van der Waals surface area contributed by atoms with Crippen LogP contribution in [0.1, 0.15) is 34.9 Å². The van der Waals surface area contributed by atoms with Crippen LogP contribution >= 0.6 is 0 Å². The summed E-state index contributed by atoms with van der Waals surface area (Å²) in [5, 5.41) is 12.7. The molecule has 150 valence electrons. The molecule has 1 aromatic heterocycles. The van der Waals surface area contributed by atoms with E-state index in [-0.39, 0.29) is 24.6 Å². The van der Waals surface area contributed by atoms with Gasteiger partial charge in [0.25, 0.3) is 5.91 Å². The van der Waals surface area contributed by atoms with E-state index in [4.69, 9.17) is 9.47 Å². The van der Waals surface area contributed by atoms with E-state index in [2.05, 4.69) is 21.0 Å². The number of amides is 3. The van der Waals surface area contributed by atoms with Gasteiger partial charge in [-0.1, -0.05) is 0 Å². The number of ether oxygens (including phenoxy) is 2. The first kappa shape index (κ1) is 19.7. The SMILES string of the molecule is COC[C@H](NC(=O)Nc1cc(C(=O)NC2CC2)ccc1OC)c1ccnn1C. The van der Waals surface area contributed by atoms with Crippen LogP contribution in [-0.4, -0.2) is 48.6 Å². The standard InChI is InChI=1S/C19H25N5O4/c1-24-16(8-9-20-24)15(11-27-2)23-19(26)22-14-10-12(4-7-17(14)28-3)18(25)21-13-5-6-13/h4,7-10,13,15H,5-6,11H2,1-3H3,(H,21,25)(H2,22,23,26)/t15-/m0/s1. The lowest BCUT2D eigenvalue weighted by molar-refractivity contribution is 0.0951. The second-order valence-electron chi connectivity index (χ2n) is 6.65. The van der Waals surface area contributed by atoms with E-state index >= 15 is 0 Å². The second-order valence-corrected chi connectivity index (χ2v) is 6.65. The van der Waals surface area contributed by atoms with Gasteiger partial charge in [-0.2, -0.15) is 5.10 Å². The summed E-state index contributed by atoms with van der Waals surface area (Å²) in [6, 6.07) is 6.17. The van der Waals surface area contributed by atoms with Crippen LogP contribution in [0.25, 0.3) is 0 Å². The molecule has 2 aromatic rings. The highest BCUT2D eigenvalue weighted by Gasteiger charge is 2.24. The maximum Gasteiger partial charge on any atom is 0.319 e. The summed E-state index contributed by atoms with van der Waals surface area (Å²) in [6.07, 6.45) is 3.66. The fraction of sp³-hybridized carbons (Fsp3) is 0.421. The number of hydrogen-bond acceptors (Lipinski definition) is 5. The van der Waals surface area contributed by atoms with Gasteiger partial charge >= 0.3 is 6.03 Å². The van der Waals surface area contributed by atoms with Crippen molar-refractivity contribution < 1.29 is 19.1 Å². The third kappa shape index (κ3) is 4.80. The Morgan fingerprint density at radius 3 is 2.68 bits per heavy atom. The zero-order valence-electron chi connectivity index (χ0n) is 16.2. The zero-order chi connectivity index (χ0) is 20.1. The van der Waals surface area contributed by atoms with Gasteiger partial charge in [0.15, 0.2) is 0 Å². The highest BCUT2D eigenvalue weighted by Crippen LogP contribution is 2.27. The summed E-state index contributed by atoms with van der Waals surface area (Å²) in [7, 11) is 4.86. The largest absolute Gasteiger partial charge is 0.495 e. The minimum Gasteiger partial charge on any atom is -0.495 e. The van der Waals surface area contributed by atoms with Crippen LogP contribution in [0.5, 0.6) is 5.75 Å². The van der Waals surface area contributed by atoms with Crippen molar-refractivity contribution in [1.82, 2.24) is 20.4 Å². The number of aryl methyl sites for hydroxylation is 1. The second kappa shape index (κ2) is 8.75. The number of nitrogens with one attached hydrogen (secondary N) is 3. The molecule has 0 radical (unpaired) electrons. The van der Waals surface area contributed by atoms with Gasteiger partial charge in [0.2, 0.25) is 0 Å². The predicted molar refractivity (Wildman–Crippen MR) is 103 cm³/mol. The first-order valence-corrected chi connectivity index (χ1v) is 9.05. The quantitative estimate of drug-likeness (QED) is 0.641. The van der Waals surface area contributed by atoms with Gasteiger partial charge in [0.05, 0.1) is 31.1 Å². The molecule has 0 bridgehead atoms. The van der Waals surface area contributed by atoms with Crippen molar-refractivity contribution in [3.8, 4) is 5.75 Å². The van der Waals surface area contributed by atoms with E-state index in [9.17, 15) is 9.59 Å². The summed E-state index contributed by atoms with van der Waals surface area (Å²) < 4.78 is 12.2. The average Bonchev–Trinajstić information content (AvgIpc) is 3.38. The molecule has 1 heterocycles. The summed E-state index contributed by atoms with van der Waals surface area (Å²) in [5.41, 5.74) is 1.68. The number of benzene rings is 1. The molecule has 3 amide bonds. The van der Waals surface area contributed by atoms with Gasteiger partial charge < -0.3 is 25.4 Å². The summed E-state index contributed by atoms with van der Waals surface area (Å²) >= 11 is 0. The van der Waals surface area contributed by atoms with Crippen LogP contribution in [0.3, 0.4) is 0 Å². The number of carbonyl (C=O) groups excluding carboxylic acids is 2. The van der Waals surface area contributed by atoms with Crippen LogP contribution in [0, 0.1) is 0 Å². The number of urea groups is 1. The molecule has 9 nitrogen and oxygen atoms in total. The van der Waals surface area contributed by atoms with Crippen LogP contribution in [0.4, 0.5) is 10.5 Å².